The van der Waals surface area contributed by atoms with Crippen molar-refractivity contribution in [2.75, 3.05) is 13.2 Å². The van der Waals surface area contributed by atoms with Gasteiger partial charge in [-0.25, -0.2) is 9.78 Å². The second-order valence-corrected chi connectivity index (χ2v) is 7.26. The van der Waals surface area contributed by atoms with Crippen LogP contribution in [0.5, 0.6) is 0 Å². The minimum absolute atomic E-state index is 0.123. The lowest BCUT2D eigenvalue weighted by atomic mass is 10.1. The summed E-state index contributed by atoms with van der Waals surface area (Å²) in [6, 6.07) is 1.69. The maximum absolute atomic E-state index is 12.8. The average molecular weight is 374 g/mol. The van der Waals surface area contributed by atoms with Crippen molar-refractivity contribution in [1.29, 1.82) is 0 Å². The van der Waals surface area contributed by atoms with Gasteiger partial charge in [-0.15, -0.1) is 0 Å². The van der Waals surface area contributed by atoms with Gasteiger partial charge >= 0.3 is 5.69 Å². The number of aliphatic hydroxyl groups excluding tert-OH is 1. The van der Waals surface area contributed by atoms with Crippen LogP contribution >= 0.6 is 0 Å². The molecule has 2 aromatic rings. The second-order valence-electron chi connectivity index (χ2n) is 7.26. The molecule has 27 heavy (non-hydrogen) atoms. The van der Waals surface area contributed by atoms with Crippen LogP contribution in [0.3, 0.4) is 0 Å². The average Bonchev–Trinajstić information content (AvgIpc) is 3.49. The first-order valence-electron chi connectivity index (χ1n) is 9.53. The Balaban J connectivity index is 1.97. The number of aryl methyl sites for hydroxylation is 1. The molecule has 0 radical (unpaired) electrons. The molecule has 1 fully saturated rings. The van der Waals surface area contributed by atoms with Crippen molar-refractivity contribution in [3.63, 3.8) is 0 Å². The van der Waals surface area contributed by atoms with E-state index in [0.717, 1.165) is 31.4 Å². The number of hydrogen-bond acceptors (Lipinski definition) is 5. The highest BCUT2D eigenvalue weighted by Crippen LogP contribution is 2.39. The molecule has 0 saturated heterocycles. The summed E-state index contributed by atoms with van der Waals surface area (Å²) in [5.41, 5.74) is 0.192. The number of fused-ring (bicyclic) bond motifs is 1. The van der Waals surface area contributed by atoms with E-state index in [-0.39, 0.29) is 40.9 Å². The third kappa shape index (κ3) is 4.10. The summed E-state index contributed by atoms with van der Waals surface area (Å²) >= 11 is 0. The van der Waals surface area contributed by atoms with Crippen LogP contribution in [0.25, 0.3) is 11.0 Å². The van der Waals surface area contributed by atoms with E-state index < -0.39 is 11.2 Å². The maximum atomic E-state index is 12.8. The molecule has 3 N–H and O–H groups in total. The lowest BCUT2D eigenvalue weighted by Gasteiger charge is -2.13. The predicted octanol–water partition coefficient (Wildman–Crippen LogP) is 1.12. The summed E-state index contributed by atoms with van der Waals surface area (Å²) in [4.78, 5) is 44.1. The molecule has 1 aliphatic rings. The Bertz CT molecular complexity index is 959. The first kappa shape index (κ1) is 19.3. The summed E-state index contributed by atoms with van der Waals surface area (Å²) < 4.78 is 1.39. The number of aromatic nitrogens is 3. The molecule has 1 aliphatic carbocycles. The van der Waals surface area contributed by atoms with E-state index in [1.54, 1.807) is 13.0 Å². The molecule has 0 bridgehead atoms. The summed E-state index contributed by atoms with van der Waals surface area (Å²) in [5, 5.41) is 12.1. The minimum atomic E-state index is -0.589. The van der Waals surface area contributed by atoms with E-state index in [9.17, 15) is 14.4 Å². The number of amides is 1. The van der Waals surface area contributed by atoms with Gasteiger partial charge in [0.25, 0.3) is 11.5 Å². The third-order valence-corrected chi connectivity index (χ3v) is 5.00. The number of aromatic amines is 1. The normalized spacial score (nSPS) is 15.1. The van der Waals surface area contributed by atoms with Crippen molar-refractivity contribution >= 4 is 16.9 Å². The smallest absolute Gasteiger partial charge is 0.329 e. The van der Waals surface area contributed by atoms with Crippen molar-refractivity contribution < 1.29 is 9.90 Å². The largest absolute Gasteiger partial charge is 0.396 e. The molecule has 0 spiro atoms. The Kier molecular flexibility index (Phi) is 5.74. The van der Waals surface area contributed by atoms with Crippen LogP contribution < -0.4 is 16.6 Å². The number of hydrogen-bond donors (Lipinski definition) is 3. The highest BCUT2D eigenvalue weighted by molar-refractivity contribution is 6.05. The highest BCUT2D eigenvalue weighted by atomic mass is 16.3. The van der Waals surface area contributed by atoms with E-state index in [1.165, 1.54) is 4.57 Å². The summed E-state index contributed by atoms with van der Waals surface area (Å²) in [5.74, 6) is 0.130. The van der Waals surface area contributed by atoms with Gasteiger partial charge in [-0.1, -0.05) is 6.92 Å². The van der Waals surface area contributed by atoms with Gasteiger partial charge in [0.1, 0.15) is 0 Å². The fraction of sp³-hybridized carbons (Fsp3) is 0.579. The molecule has 2 heterocycles. The molecule has 146 valence electrons. The summed E-state index contributed by atoms with van der Waals surface area (Å²) in [6.45, 7) is 4.68. The lowest BCUT2D eigenvalue weighted by Crippen LogP contribution is -2.33. The molecular weight excluding hydrogens is 348 g/mol. The van der Waals surface area contributed by atoms with Crippen molar-refractivity contribution in [2.24, 2.45) is 5.92 Å². The Labute approximate surface area is 156 Å². The number of aliphatic hydroxyl groups is 1. The first-order chi connectivity index (χ1) is 13.0. The molecule has 0 aromatic carbocycles. The third-order valence-electron chi connectivity index (χ3n) is 5.00. The Morgan fingerprint density at radius 1 is 1.44 bits per heavy atom. The van der Waals surface area contributed by atoms with Crippen molar-refractivity contribution in [3.05, 3.63) is 38.2 Å². The molecular formula is C19H26N4O4. The SMILES string of the molecule is CCn1c(=O)[nH]c(=O)c2c(C(=O)NCCCC(C)CO)cc(C3CC3)nc21. The molecule has 1 saturated carbocycles. The van der Waals surface area contributed by atoms with E-state index in [2.05, 4.69) is 15.3 Å². The molecule has 3 rings (SSSR count). The van der Waals surface area contributed by atoms with Gasteiger partial charge in [0.05, 0.1) is 10.9 Å². The number of H-pyrrole nitrogens is 1. The molecule has 8 nitrogen and oxygen atoms in total. The van der Waals surface area contributed by atoms with Crippen LogP contribution in [0.4, 0.5) is 0 Å². The zero-order valence-electron chi connectivity index (χ0n) is 15.7. The molecule has 8 heteroatoms. The van der Waals surface area contributed by atoms with Crippen LogP contribution in [0, 0.1) is 5.92 Å². The maximum Gasteiger partial charge on any atom is 0.329 e. The second kappa shape index (κ2) is 8.04. The number of carbonyl (C=O) groups is 1. The van der Waals surface area contributed by atoms with E-state index in [0.29, 0.717) is 13.1 Å². The Morgan fingerprint density at radius 3 is 2.81 bits per heavy atom. The zero-order valence-corrected chi connectivity index (χ0v) is 15.7. The van der Waals surface area contributed by atoms with Gasteiger partial charge < -0.3 is 10.4 Å². The number of nitrogens with zero attached hydrogens (tertiary/aromatic N) is 2. The molecule has 0 aliphatic heterocycles. The lowest BCUT2D eigenvalue weighted by molar-refractivity contribution is 0.0953. The number of rotatable bonds is 8. The number of pyridine rings is 1. The first-order valence-corrected chi connectivity index (χ1v) is 9.53. The highest BCUT2D eigenvalue weighted by Gasteiger charge is 2.28. The zero-order chi connectivity index (χ0) is 19.6. The predicted molar refractivity (Wildman–Crippen MR) is 102 cm³/mol. The van der Waals surface area contributed by atoms with E-state index >= 15 is 0 Å². The van der Waals surface area contributed by atoms with Gasteiger partial charge in [-0.05, 0) is 44.6 Å². The number of carbonyl (C=O) groups excluding carboxylic acids is 1. The van der Waals surface area contributed by atoms with Crippen LogP contribution in [-0.4, -0.2) is 38.7 Å². The van der Waals surface area contributed by atoms with Crippen molar-refractivity contribution in [3.8, 4) is 0 Å². The monoisotopic (exact) mass is 374 g/mol. The summed E-state index contributed by atoms with van der Waals surface area (Å²) in [6.07, 6.45) is 3.54. The Morgan fingerprint density at radius 2 is 2.19 bits per heavy atom. The van der Waals surface area contributed by atoms with Crippen LogP contribution in [0.15, 0.2) is 15.7 Å². The molecule has 2 aromatic heterocycles. The van der Waals surface area contributed by atoms with Gasteiger partial charge in [0, 0.05) is 31.3 Å². The van der Waals surface area contributed by atoms with Gasteiger partial charge in [0.2, 0.25) is 0 Å². The topological polar surface area (TPSA) is 117 Å². The van der Waals surface area contributed by atoms with Crippen LogP contribution in [0.1, 0.15) is 61.5 Å². The van der Waals surface area contributed by atoms with E-state index in [4.69, 9.17) is 5.11 Å². The fourth-order valence-corrected chi connectivity index (χ4v) is 3.19. The van der Waals surface area contributed by atoms with Crippen molar-refractivity contribution in [2.45, 2.75) is 52.0 Å². The summed E-state index contributed by atoms with van der Waals surface area (Å²) in [7, 11) is 0. The van der Waals surface area contributed by atoms with Crippen molar-refractivity contribution in [1.82, 2.24) is 19.9 Å². The van der Waals surface area contributed by atoms with Gasteiger partial charge in [-0.3, -0.25) is 19.1 Å². The molecule has 1 amide bonds. The molecule has 1 unspecified atom stereocenters. The minimum Gasteiger partial charge on any atom is -0.396 e. The van der Waals surface area contributed by atoms with E-state index in [1.807, 2.05) is 6.92 Å². The van der Waals surface area contributed by atoms with Gasteiger partial charge in [-0.2, -0.15) is 0 Å². The van der Waals surface area contributed by atoms with Crippen LogP contribution in [-0.2, 0) is 6.54 Å². The Hall–Kier alpha value is -2.48. The van der Waals surface area contributed by atoms with Gasteiger partial charge in [0.15, 0.2) is 5.65 Å². The quantitative estimate of drug-likeness (QED) is 0.599. The molecule has 1 atom stereocenters. The number of nitrogens with one attached hydrogen (secondary N) is 2. The fourth-order valence-electron chi connectivity index (χ4n) is 3.19. The standard InChI is InChI=1S/C19H26N4O4/c1-3-23-16-15(18(26)22-19(23)27)13(9-14(21-16)12-6-7-12)17(25)20-8-4-5-11(2)10-24/h9,11-12,24H,3-8,10H2,1-2H3,(H,20,25)(H,22,26,27). The van der Waals surface area contributed by atoms with Crippen LogP contribution in [0.2, 0.25) is 0 Å².